The minimum Gasteiger partial charge on any atom is -0.463 e. The normalized spacial score (nSPS) is 20.4. The van der Waals surface area contributed by atoms with Gasteiger partial charge in [-0.3, -0.25) is 0 Å². The summed E-state index contributed by atoms with van der Waals surface area (Å²) in [5.41, 5.74) is 0.647. The van der Waals surface area contributed by atoms with Crippen molar-refractivity contribution in [2.45, 2.75) is 52.4 Å². The van der Waals surface area contributed by atoms with Crippen LogP contribution in [-0.2, 0) is 9.53 Å². The highest BCUT2D eigenvalue weighted by atomic mass is 16.5. The number of esters is 1. The number of carbonyl (C=O) groups is 1. The molecule has 1 aliphatic rings. The molecule has 0 unspecified atom stereocenters. The molecule has 0 aliphatic heterocycles. The van der Waals surface area contributed by atoms with Crippen LogP contribution in [0.15, 0.2) is 12.2 Å². The van der Waals surface area contributed by atoms with Crippen LogP contribution in [0.2, 0.25) is 0 Å². The Morgan fingerprint density at radius 3 is 2.27 bits per heavy atom. The van der Waals surface area contributed by atoms with Gasteiger partial charge in [0.25, 0.3) is 0 Å². The lowest BCUT2D eigenvalue weighted by atomic mass is 9.76. The average molecular weight is 210 g/mol. The number of rotatable bonds is 3. The van der Waals surface area contributed by atoms with E-state index < -0.39 is 0 Å². The fraction of sp³-hybridized carbons (Fsp3) is 0.769. The molecule has 0 atom stereocenters. The molecular formula is C13H22O2. The maximum absolute atomic E-state index is 11.6. The average Bonchev–Trinajstić information content (AvgIpc) is 2.43. The monoisotopic (exact) mass is 210 g/mol. The molecule has 0 radical (unpaired) electrons. The van der Waals surface area contributed by atoms with Gasteiger partial charge in [0.15, 0.2) is 0 Å². The van der Waals surface area contributed by atoms with Gasteiger partial charge in [0.2, 0.25) is 0 Å². The zero-order chi connectivity index (χ0) is 11.3. The van der Waals surface area contributed by atoms with Crippen molar-refractivity contribution in [1.82, 2.24) is 0 Å². The summed E-state index contributed by atoms with van der Waals surface area (Å²) >= 11 is 0. The second-order valence-corrected chi connectivity index (χ2v) is 4.67. The lowest BCUT2D eigenvalue weighted by Gasteiger charge is -2.29. The molecule has 2 heteroatoms. The van der Waals surface area contributed by atoms with E-state index in [2.05, 4.69) is 13.5 Å². The second kappa shape index (κ2) is 5.34. The van der Waals surface area contributed by atoms with Crippen molar-refractivity contribution < 1.29 is 9.53 Å². The molecule has 0 N–H and O–H groups in total. The molecule has 1 aliphatic carbocycles. The molecule has 0 bridgehead atoms. The van der Waals surface area contributed by atoms with Gasteiger partial charge in [-0.1, -0.05) is 39.2 Å². The van der Waals surface area contributed by atoms with Gasteiger partial charge < -0.3 is 4.74 Å². The first-order valence-electron chi connectivity index (χ1n) is 5.96. The number of carbonyl (C=O) groups excluding carboxylic acids is 1. The highest BCUT2D eigenvalue weighted by Gasteiger charge is 2.32. The van der Waals surface area contributed by atoms with Crippen LogP contribution in [0.25, 0.3) is 0 Å². The van der Waals surface area contributed by atoms with E-state index in [1.165, 1.54) is 25.7 Å². The van der Waals surface area contributed by atoms with Gasteiger partial charge >= 0.3 is 5.97 Å². The van der Waals surface area contributed by atoms with Crippen LogP contribution in [0.1, 0.15) is 52.4 Å². The van der Waals surface area contributed by atoms with Crippen LogP contribution in [0.5, 0.6) is 0 Å². The van der Waals surface area contributed by atoms with Crippen molar-refractivity contribution >= 4 is 5.97 Å². The molecule has 0 aromatic rings. The molecule has 1 rings (SSSR count). The van der Waals surface area contributed by atoms with Gasteiger partial charge in [0.1, 0.15) is 0 Å². The summed E-state index contributed by atoms with van der Waals surface area (Å²) < 4.78 is 5.02. The van der Waals surface area contributed by atoms with E-state index in [4.69, 9.17) is 4.74 Å². The summed E-state index contributed by atoms with van der Waals surface area (Å²) in [6.07, 6.45) is 7.12. The topological polar surface area (TPSA) is 26.3 Å². The molecule has 0 saturated heterocycles. The van der Waals surface area contributed by atoms with Gasteiger partial charge in [-0.15, -0.1) is 0 Å². The maximum Gasteiger partial charge on any atom is 0.333 e. The lowest BCUT2D eigenvalue weighted by Crippen LogP contribution is -2.25. The summed E-state index contributed by atoms with van der Waals surface area (Å²) in [5.74, 6) is -0.207. The van der Waals surface area contributed by atoms with Crippen LogP contribution >= 0.6 is 0 Å². The largest absolute Gasteiger partial charge is 0.463 e. The molecule has 1 fully saturated rings. The molecule has 15 heavy (non-hydrogen) atoms. The first-order valence-corrected chi connectivity index (χ1v) is 5.96. The van der Waals surface area contributed by atoms with Crippen molar-refractivity contribution in [3.63, 3.8) is 0 Å². The molecule has 2 nitrogen and oxygen atoms in total. The molecule has 0 aromatic carbocycles. The molecule has 0 amide bonds. The highest BCUT2D eigenvalue weighted by Crippen LogP contribution is 2.40. The fourth-order valence-corrected chi connectivity index (χ4v) is 2.28. The fourth-order valence-electron chi connectivity index (χ4n) is 2.28. The zero-order valence-corrected chi connectivity index (χ0v) is 9.97. The van der Waals surface area contributed by atoms with E-state index in [0.29, 0.717) is 12.2 Å². The molecule has 0 aromatic heterocycles. The molecule has 0 spiro atoms. The Morgan fingerprint density at radius 2 is 1.80 bits per heavy atom. The van der Waals surface area contributed by atoms with E-state index in [1.54, 1.807) is 0 Å². The van der Waals surface area contributed by atoms with Crippen LogP contribution in [-0.4, -0.2) is 12.6 Å². The number of hydrogen-bond acceptors (Lipinski definition) is 2. The Morgan fingerprint density at radius 1 is 1.27 bits per heavy atom. The van der Waals surface area contributed by atoms with Gasteiger partial charge in [0.05, 0.1) is 6.61 Å². The van der Waals surface area contributed by atoms with Crippen LogP contribution in [0, 0.1) is 5.41 Å². The van der Waals surface area contributed by atoms with E-state index in [1.807, 2.05) is 6.92 Å². The van der Waals surface area contributed by atoms with Crippen molar-refractivity contribution in [2.24, 2.45) is 5.41 Å². The highest BCUT2D eigenvalue weighted by molar-refractivity contribution is 5.89. The third-order valence-corrected chi connectivity index (χ3v) is 3.46. The van der Waals surface area contributed by atoms with E-state index >= 15 is 0 Å². The zero-order valence-electron chi connectivity index (χ0n) is 9.97. The van der Waals surface area contributed by atoms with Gasteiger partial charge in [-0.2, -0.15) is 0 Å². The van der Waals surface area contributed by atoms with Crippen molar-refractivity contribution in [2.75, 3.05) is 6.61 Å². The summed E-state index contributed by atoms with van der Waals surface area (Å²) in [6.45, 7) is 8.36. The summed E-state index contributed by atoms with van der Waals surface area (Å²) in [7, 11) is 0. The summed E-state index contributed by atoms with van der Waals surface area (Å²) in [4.78, 5) is 11.6. The predicted molar refractivity (Wildman–Crippen MR) is 61.6 cm³/mol. The molecular weight excluding hydrogens is 188 g/mol. The number of hydrogen-bond donors (Lipinski definition) is 0. The van der Waals surface area contributed by atoms with Crippen LogP contribution in [0.4, 0.5) is 0 Å². The van der Waals surface area contributed by atoms with E-state index in [-0.39, 0.29) is 11.4 Å². The van der Waals surface area contributed by atoms with Crippen LogP contribution in [0.3, 0.4) is 0 Å². The molecule has 86 valence electrons. The van der Waals surface area contributed by atoms with Gasteiger partial charge in [-0.25, -0.2) is 4.79 Å². The molecule has 1 saturated carbocycles. The lowest BCUT2D eigenvalue weighted by molar-refractivity contribution is -0.139. The third kappa shape index (κ3) is 3.08. The first-order chi connectivity index (χ1) is 7.10. The predicted octanol–water partition coefficient (Wildman–Crippen LogP) is 3.47. The Hall–Kier alpha value is -0.790. The Bertz CT molecular complexity index is 235. The van der Waals surface area contributed by atoms with Crippen LogP contribution < -0.4 is 0 Å². The minimum absolute atomic E-state index is 0.0250. The minimum atomic E-state index is -0.207. The second-order valence-electron chi connectivity index (χ2n) is 4.67. The maximum atomic E-state index is 11.6. The Kier molecular flexibility index (Phi) is 4.37. The van der Waals surface area contributed by atoms with E-state index in [0.717, 1.165) is 12.8 Å². The Labute approximate surface area is 92.7 Å². The first kappa shape index (κ1) is 12.3. The van der Waals surface area contributed by atoms with Crippen molar-refractivity contribution in [3.05, 3.63) is 12.2 Å². The van der Waals surface area contributed by atoms with E-state index in [9.17, 15) is 4.79 Å². The van der Waals surface area contributed by atoms with Gasteiger partial charge in [0, 0.05) is 5.57 Å². The summed E-state index contributed by atoms with van der Waals surface area (Å²) in [5, 5.41) is 0. The summed E-state index contributed by atoms with van der Waals surface area (Å²) in [6, 6.07) is 0. The van der Waals surface area contributed by atoms with Gasteiger partial charge in [-0.05, 0) is 25.2 Å². The smallest absolute Gasteiger partial charge is 0.333 e. The Balaban J connectivity index is 2.65. The molecule has 0 heterocycles. The third-order valence-electron chi connectivity index (χ3n) is 3.46. The number of ether oxygens (including phenoxy) is 1. The standard InChI is InChI=1S/C13H22O2/c1-4-15-12(14)11(2)13(3)9-7-5-6-8-10-13/h2,4-10H2,1,3H3. The SMILES string of the molecule is C=C(C(=O)OCC)C1(C)CCCCCC1. The van der Waals surface area contributed by atoms with Crippen molar-refractivity contribution in [1.29, 1.82) is 0 Å². The van der Waals surface area contributed by atoms with Crippen molar-refractivity contribution in [3.8, 4) is 0 Å². The quantitative estimate of drug-likeness (QED) is 0.405.